The van der Waals surface area contributed by atoms with E-state index in [-0.39, 0.29) is 52.4 Å². The van der Waals surface area contributed by atoms with Crippen molar-refractivity contribution in [2.24, 2.45) is 0 Å². The summed E-state index contributed by atoms with van der Waals surface area (Å²) in [7, 11) is 4.16. The van der Waals surface area contributed by atoms with Gasteiger partial charge in [0.25, 0.3) is 0 Å². The number of hydrogen-bond donors (Lipinski definition) is 1. The Morgan fingerprint density at radius 1 is 1.32 bits per heavy atom. The van der Waals surface area contributed by atoms with Crippen molar-refractivity contribution in [3.8, 4) is 0 Å². The van der Waals surface area contributed by atoms with Crippen LogP contribution in [0, 0.1) is 6.92 Å². The van der Waals surface area contributed by atoms with E-state index in [0.29, 0.717) is 25.9 Å². The van der Waals surface area contributed by atoms with E-state index in [2.05, 4.69) is 34.1 Å². The Morgan fingerprint density at radius 3 is 1.95 bits per heavy atom. The van der Waals surface area contributed by atoms with Crippen LogP contribution < -0.4 is 17.0 Å². The quantitative estimate of drug-likeness (QED) is 0.255. The van der Waals surface area contributed by atoms with Crippen LogP contribution in [0.15, 0.2) is 25.3 Å². The number of rotatable bonds is 8. The summed E-state index contributed by atoms with van der Waals surface area (Å²) < 4.78 is 9.23. The zero-order valence-electron chi connectivity index (χ0n) is 13.7. The molecule has 0 bridgehead atoms. The summed E-state index contributed by atoms with van der Waals surface area (Å²) in [6, 6.07) is 0. The predicted octanol–water partition coefficient (Wildman–Crippen LogP) is -0.0878. The van der Waals surface area contributed by atoms with E-state index in [1.807, 2.05) is 23.3 Å². The maximum atomic E-state index is 10.3. The minimum absolute atomic E-state index is 0. The van der Waals surface area contributed by atoms with Crippen molar-refractivity contribution in [2.75, 3.05) is 13.2 Å². The smallest absolute Gasteiger partial charge is 1.00 e. The molecule has 1 N–H and O–H groups in total. The van der Waals surface area contributed by atoms with E-state index in [0.717, 1.165) is 0 Å². The van der Waals surface area contributed by atoms with Crippen LogP contribution in [0.5, 0.6) is 0 Å². The standard InChI is InChI=1S/C7H15O2P.C4H9O2P.C3H5.BrH.Mg/c1-3-5-7(8,4-2)6-9-10;1-2-4(5)3-6-7;1-3-2;;/h3,8H,1,4-6,10H2,2H3;2-3,7H2,1H3;3H,1-2H2;1H;/q;;-1;;+2/p-1. The molecule has 8 heteroatoms. The Bertz CT molecular complexity index is 259. The molecule has 0 aliphatic heterocycles. The van der Waals surface area contributed by atoms with Crippen molar-refractivity contribution in [3.05, 3.63) is 32.2 Å². The fourth-order valence-electron chi connectivity index (χ4n) is 0.924. The minimum atomic E-state index is -0.719. The average molecular weight is 428 g/mol. The molecule has 0 aromatic carbocycles. The largest absolute Gasteiger partial charge is 2.00 e. The van der Waals surface area contributed by atoms with E-state index >= 15 is 0 Å². The SMILES string of the molecule is C=CCC(O)(CC)COP.C=C[CH2-].CCC(=O)COP.[Br-].[Mg+2]. The van der Waals surface area contributed by atoms with E-state index in [4.69, 9.17) is 4.52 Å². The molecule has 0 saturated heterocycles. The molecule has 3 unspecified atom stereocenters. The second-order valence-electron chi connectivity index (χ2n) is 3.87. The Hall–Kier alpha value is 1.01. The summed E-state index contributed by atoms with van der Waals surface area (Å²) >= 11 is 0. The normalized spacial score (nSPS) is 10.8. The molecule has 22 heavy (non-hydrogen) atoms. The Labute approximate surface area is 167 Å². The Morgan fingerprint density at radius 2 is 1.77 bits per heavy atom. The summed E-state index contributed by atoms with van der Waals surface area (Å²) in [4.78, 5) is 10.3. The first-order chi connectivity index (χ1) is 9.40. The van der Waals surface area contributed by atoms with Crippen LogP contribution in [0.3, 0.4) is 0 Å². The van der Waals surface area contributed by atoms with Gasteiger partial charge in [0.05, 0.1) is 12.2 Å². The molecule has 0 aliphatic carbocycles. The molecule has 0 heterocycles. The van der Waals surface area contributed by atoms with Gasteiger partial charge in [-0.1, -0.05) is 19.9 Å². The second kappa shape index (κ2) is 26.9. The van der Waals surface area contributed by atoms with Gasteiger partial charge < -0.3 is 31.1 Å². The maximum absolute atomic E-state index is 10.3. The molecule has 0 aromatic rings. The molecule has 4 nitrogen and oxygen atoms in total. The van der Waals surface area contributed by atoms with Gasteiger partial charge in [0, 0.05) is 25.4 Å². The van der Waals surface area contributed by atoms with Gasteiger partial charge in [0.1, 0.15) is 6.61 Å². The third-order valence-corrected chi connectivity index (χ3v) is 2.51. The topological polar surface area (TPSA) is 55.8 Å². The van der Waals surface area contributed by atoms with E-state index < -0.39 is 5.60 Å². The van der Waals surface area contributed by atoms with Crippen LogP contribution in [-0.4, -0.2) is 52.8 Å². The Balaban J connectivity index is -0.0000000711. The molecule has 0 aromatic heterocycles. The van der Waals surface area contributed by atoms with E-state index in [1.165, 1.54) is 6.08 Å². The number of hydrogen-bond acceptors (Lipinski definition) is 4. The zero-order chi connectivity index (χ0) is 16.4. The number of carbonyl (C=O) groups is 1. The van der Waals surface area contributed by atoms with Gasteiger partial charge >= 0.3 is 23.1 Å². The van der Waals surface area contributed by atoms with Crippen LogP contribution >= 0.6 is 18.9 Å². The van der Waals surface area contributed by atoms with Crippen LogP contribution in [0.25, 0.3) is 0 Å². The van der Waals surface area contributed by atoms with Crippen LogP contribution in [0.4, 0.5) is 0 Å². The fourth-order valence-corrected chi connectivity index (χ4v) is 1.42. The molecule has 0 fully saturated rings. The fraction of sp³-hybridized carbons (Fsp3) is 0.571. The van der Waals surface area contributed by atoms with Crippen molar-refractivity contribution in [1.29, 1.82) is 0 Å². The summed E-state index contributed by atoms with van der Waals surface area (Å²) in [6.07, 6.45) is 5.03. The third kappa shape index (κ3) is 29.1. The van der Waals surface area contributed by atoms with Crippen LogP contribution in [0.1, 0.15) is 33.1 Å². The summed E-state index contributed by atoms with van der Waals surface area (Å²) in [6.45, 7) is 14.4. The van der Waals surface area contributed by atoms with Crippen LogP contribution in [-0.2, 0) is 13.8 Å². The third-order valence-electron chi connectivity index (χ3n) is 2.17. The number of Topliss-reactive ketones (excluding diaryl/α,β-unsaturated/α-hetero) is 1. The van der Waals surface area contributed by atoms with Gasteiger partial charge in [-0.25, -0.2) is 19.6 Å². The van der Waals surface area contributed by atoms with Gasteiger partial charge in [0.15, 0.2) is 5.78 Å². The van der Waals surface area contributed by atoms with Crippen molar-refractivity contribution in [1.82, 2.24) is 0 Å². The predicted molar refractivity (Wildman–Crippen MR) is 98.0 cm³/mol. The number of halogens is 1. The van der Waals surface area contributed by atoms with E-state index in [9.17, 15) is 9.90 Å². The monoisotopic (exact) mass is 426 g/mol. The number of ketones is 1. The number of carbonyl (C=O) groups excluding carboxylic acids is 1. The van der Waals surface area contributed by atoms with Gasteiger partial charge in [0.2, 0.25) is 0 Å². The second-order valence-corrected chi connectivity index (χ2v) is 4.54. The number of allylic oxidation sites excluding steroid dienone is 1. The van der Waals surface area contributed by atoms with Crippen molar-refractivity contribution in [2.45, 2.75) is 38.7 Å². The first-order valence-electron chi connectivity index (χ1n) is 6.29. The molecule has 0 saturated carbocycles. The van der Waals surface area contributed by atoms with Crippen molar-refractivity contribution < 1.29 is 35.9 Å². The zero-order valence-corrected chi connectivity index (χ0v) is 19.0. The molecule has 0 spiro atoms. The molecule has 0 aliphatic rings. The molecule has 0 radical (unpaired) electrons. The summed E-state index contributed by atoms with van der Waals surface area (Å²) in [5.74, 6) is 0.134. The van der Waals surface area contributed by atoms with Gasteiger partial charge in [-0.2, -0.15) is 0 Å². The summed E-state index contributed by atoms with van der Waals surface area (Å²) in [5.41, 5.74) is -0.719. The average Bonchev–Trinajstić information content (AvgIpc) is 2.41. The maximum Gasteiger partial charge on any atom is 2.00 e. The van der Waals surface area contributed by atoms with Gasteiger partial charge in [-0.15, -0.1) is 6.58 Å². The molecular formula is C14H29BrMgO4P2. The molecule has 3 atom stereocenters. The summed E-state index contributed by atoms with van der Waals surface area (Å²) in [5, 5.41) is 9.61. The number of aliphatic hydroxyl groups is 1. The van der Waals surface area contributed by atoms with Gasteiger partial charge in [-0.3, -0.25) is 4.79 Å². The van der Waals surface area contributed by atoms with E-state index in [1.54, 1.807) is 6.08 Å². The van der Waals surface area contributed by atoms with Gasteiger partial charge in [-0.05, 0) is 12.8 Å². The molecular weight excluding hydrogens is 398 g/mol. The molecule has 0 rings (SSSR count). The van der Waals surface area contributed by atoms with Crippen molar-refractivity contribution >= 4 is 47.8 Å². The molecule has 128 valence electrons. The first-order valence-corrected chi connectivity index (χ1v) is 7.23. The van der Waals surface area contributed by atoms with Crippen LogP contribution in [0.2, 0.25) is 0 Å². The Kier molecular flexibility index (Phi) is 42.0. The first kappa shape index (κ1) is 34.4. The minimum Gasteiger partial charge on any atom is -1.00 e. The molecule has 0 amide bonds. The van der Waals surface area contributed by atoms with Crippen molar-refractivity contribution in [3.63, 3.8) is 0 Å².